The first-order valence-corrected chi connectivity index (χ1v) is 11.2. The minimum atomic E-state index is -2.70. The Morgan fingerprint density at radius 3 is 2.72 bits per heavy atom. The van der Waals surface area contributed by atoms with Gasteiger partial charge in [0.2, 0.25) is 0 Å². The first kappa shape index (κ1) is 20.0. The van der Waals surface area contributed by atoms with Crippen LogP contribution < -0.4 is 5.32 Å². The molecule has 0 saturated heterocycles. The molecule has 0 unspecified atom stereocenters. The first-order valence-electron chi connectivity index (χ1n) is 9.94. The van der Waals surface area contributed by atoms with Crippen molar-refractivity contribution in [2.45, 2.75) is 56.1 Å². The highest BCUT2D eigenvalue weighted by molar-refractivity contribution is 7.98. The van der Waals surface area contributed by atoms with E-state index < -0.39 is 12.2 Å². The van der Waals surface area contributed by atoms with E-state index in [4.69, 9.17) is 0 Å². The van der Waals surface area contributed by atoms with Crippen LogP contribution in [0.5, 0.6) is 0 Å². The molecule has 2 aromatic heterocycles. The molecule has 154 valence electrons. The van der Waals surface area contributed by atoms with Gasteiger partial charge in [0.25, 0.3) is 6.43 Å². The van der Waals surface area contributed by atoms with Gasteiger partial charge in [-0.25, -0.2) is 18.7 Å². The number of benzene rings is 1. The Balaban J connectivity index is 1.45. The number of alkyl halides is 2. The Kier molecular flexibility index (Phi) is 6.22. The molecule has 0 bridgehead atoms. The minimum absolute atomic E-state index is 0.447. The summed E-state index contributed by atoms with van der Waals surface area (Å²) in [5.41, 5.74) is 0.519. The van der Waals surface area contributed by atoms with E-state index in [-0.39, 0.29) is 0 Å². The van der Waals surface area contributed by atoms with E-state index in [0.717, 1.165) is 29.2 Å². The predicted molar refractivity (Wildman–Crippen MR) is 111 cm³/mol. The highest BCUT2D eigenvalue weighted by Gasteiger charge is 2.23. The van der Waals surface area contributed by atoms with Gasteiger partial charge in [-0.05, 0) is 37.7 Å². The van der Waals surface area contributed by atoms with Gasteiger partial charge in [0.15, 0.2) is 11.0 Å². The van der Waals surface area contributed by atoms with Crippen molar-refractivity contribution >= 4 is 28.5 Å². The molecule has 1 saturated carbocycles. The summed E-state index contributed by atoms with van der Waals surface area (Å²) in [5, 5.41) is 13.7. The third kappa shape index (κ3) is 4.34. The quantitative estimate of drug-likeness (QED) is 0.408. The molecule has 9 heteroatoms. The molecule has 2 heterocycles. The predicted octanol–water partition coefficient (Wildman–Crippen LogP) is 5.04. The molecular weight excluding hydrogens is 394 g/mol. The van der Waals surface area contributed by atoms with E-state index in [1.54, 1.807) is 23.9 Å². The molecule has 0 aliphatic heterocycles. The Hall–Kier alpha value is -2.29. The fourth-order valence-corrected chi connectivity index (χ4v) is 4.50. The van der Waals surface area contributed by atoms with E-state index in [2.05, 4.69) is 30.0 Å². The van der Waals surface area contributed by atoms with Crippen LogP contribution in [0, 0.1) is 0 Å². The highest BCUT2D eigenvalue weighted by atomic mass is 32.2. The molecule has 1 aliphatic rings. The fraction of sp³-hybridized carbons (Fsp3) is 0.500. The number of nitrogens with zero attached hydrogens (tertiary/aromatic N) is 5. The number of rotatable bonds is 8. The molecule has 0 spiro atoms. The second-order valence-corrected chi connectivity index (χ2v) is 7.96. The van der Waals surface area contributed by atoms with Crippen molar-refractivity contribution in [3.63, 3.8) is 0 Å². The number of thioether (sulfide) groups is 1. The average molecular weight is 419 g/mol. The molecule has 3 aromatic rings. The molecule has 1 aromatic carbocycles. The summed E-state index contributed by atoms with van der Waals surface area (Å²) in [5.74, 6) is 1.01. The Bertz CT molecular complexity index is 971. The highest BCUT2D eigenvalue weighted by Crippen LogP contribution is 2.33. The van der Waals surface area contributed by atoms with Crippen molar-refractivity contribution in [1.82, 2.24) is 24.7 Å². The van der Waals surface area contributed by atoms with E-state index >= 15 is 0 Å². The van der Waals surface area contributed by atoms with Gasteiger partial charge < -0.3 is 9.88 Å². The SMILES string of the molecule is CSc1nnc(CCCNc2nc(C(F)F)nc3ccccc23)n1C1CCCC1. The van der Waals surface area contributed by atoms with Gasteiger partial charge in [0, 0.05) is 24.4 Å². The van der Waals surface area contributed by atoms with Crippen molar-refractivity contribution < 1.29 is 8.78 Å². The number of para-hydroxylation sites is 1. The number of anilines is 1. The average Bonchev–Trinajstić information content (AvgIpc) is 3.40. The maximum atomic E-state index is 13.1. The van der Waals surface area contributed by atoms with Crippen LogP contribution in [-0.4, -0.2) is 37.5 Å². The Morgan fingerprint density at radius 1 is 1.17 bits per heavy atom. The lowest BCUT2D eigenvalue weighted by molar-refractivity contribution is 0.141. The summed E-state index contributed by atoms with van der Waals surface area (Å²) in [6, 6.07) is 7.70. The summed E-state index contributed by atoms with van der Waals surface area (Å²) >= 11 is 1.63. The summed E-state index contributed by atoms with van der Waals surface area (Å²) in [7, 11) is 0. The summed E-state index contributed by atoms with van der Waals surface area (Å²) in [4.78, 5) is 7.99. The van der Waals surface area contributed by atoms with E-state index in [0.29, 0.717) is 23.9 Å². The largest absolute Gasteiger partial charge is 0.369 e. The third-order valence-corrected chi connectivity index (χ3v) is 5.94. The number of nitrogens with one attached hydrogen (secondary N) is 1. The van der Waals surface area contributed by atoms with E-state index in [9.17, 15) is 8.78 Å². The van der Waals surface area contributed by atoms with Gasteiger partial charge >= 0.3 is 0 Å². The zero-order chi connectivity index (χ0) is 20.2. The maximum absolute atomic E-state index is 13.1. The van der Waals surface area contributed by atoms with Gasteiger partial charge in [0.1, 0.15) is 11.6 Å². The lowest BCUT2D eigenvalue weighted by atomic mass is 10.2. The number of aryl methyl sites for hydroxylation is 1. The smallest absolute Gasteiger partial charge is 0.297 e. The van der Waals surface area contributed by atoms with Crippen LogP contribution in [0.2, 0.25) is 0 Å². The van der Waals surface area contributed by atoms with Crippen molar-refractivity contribution in [3.05, 3.63) is 35.9 Å². The Labute approximate surface area is 172 Å². The number of hydrogen-bond donors (Lipinski definition) is 1. The van der Waals surface area contributed by atoms with Gasteiger partial charge in [0.05, 0.1) is 5.52 Å². The van der Waals surface area contributed by atoms with Gasteiger partial charge in [-0.15, -0.1) is 10.2 Å². The molecular formula is C20H24F2N6S. The molecule has 0 amide bonds. The fourth-order valence-electron chi connectivity index (χ4n) is 3.93. The minimum Gasteiger partial charge on any atom is -0.369 e. The molecule has 6 nitrogen and oxygen atoms in total. The number of halogens is 2. The van der Waals surface area contributed by atoms with Crippen LogP contribution >= 0.6 is 11.8 Å². The standard InChI is InChI=1S/C20H24F2N6S/c1-29-20-27-26-16(28(20)13-7-2-3-8-13)11-6-12-23-18-14-9-4-5-10-15(14)24-19(25-18)17(21)22/h4-5,9-10,13,17H,2-3,6-8,11-12H2,1H3,(H,23,24,25). The van der Waals surface area contributed by atoms with Crippen molar-refractivity contribution in [1.29, 1.82) is 0 Å². The van der Waals surface area contributed by atoms with Crippen LogP contribution in [-0.2, 0) is 6.42 Å². The van der Waals surface area contributed by atoms with Gasteiger partial charge in [-0.2, -0.15) is 0 Å². The number of aromatic nitrogens is 5. The molecule has 1 N–H and O–H groups in total. The van der Waals surface area contributed by atoms with Crippen molar-refractivity contribution in [3.8, 4) is 0 Å². The summed E-state index contributed by atoms with van der Waals surface area (Å²) < 4.78 is 28.6. The topological polar surface area (TPSA) is 68.5 Å². The summed E-state index contributed by atoms with van der Waals surface area (Å²) in [6.07, 6.45) is 5.79. The second-order valence-electron chi connectivity index (χ2n) is 7.19. The van der Waals surface area contributed by atoms with Gasteiger partial charge in [-0.1, -0.05) is 36.7 Å². The molecule has 0 atom stereocenters. The summed E-state index contributed by atoms with van der Waals surface area (Å²) in [6.45, 7) is 0.607. The number of hydrogen-bond acceptors (Lipinski definition) is 6. The van der Waals surface area contributed by atoms with Crippen LogP contribution in [0.4, 0.5) is 14.6 Å². The normalized spacial score (nSPS) is 14.9. The van der Waals surface area contributed by atoms with Crippen molar-refractivity contribution in [2.24, 2.45) is 0 Å². The molecule has 29 heavy (non-hydrogen) atoms. The van der Waals surface area contributed by atoms with Crippen LogP contribution in [0.25, 0.3) is 10.9 Å². The second kappa shape index (κ2) is 9.02. The number of fused-ring (bicyclic) bond motifs is 1. The maximum Gasteiger partial charge on any atom is 0.297 e. The monoisotopic (exact) mass is 418 g/mol. The van der Waals surface area contributed by atoms with Crippen LogP contribution in [0.1, 0.15) is 56.2 Å². The molecule has 1 fully saturated rings. The zero-order valence-corrected chi connectivity index (χ0v) is 17.1. The Morgan fingerprint density at radius 2 is 1.97 bits per heavy atom. The molecule has 1 aliphatic carbocycles. The lowest BCUT2D eigenvalue weighted by Crippen LogP contribution is -2.13. The zero-order valence-electron chi connectivity index (χ0n) is 16.3. The molecule has 4 rings (SSSR count). The lowest BCUT2D eigenvalue weighted by Gasteiger charge is -2.16. The van der Waals surface area contributed by atoms with E-state index in [1.807, 2.05) is 18.4 Å². The van der Waals surface area contributed by atoms with Crippen molar-refractivity contribution in [2.75, 3.05) is 18.1 Å². The third-order valence-electron chi connectivity index (χ3n) is 5.29. The van der Waals surface area contributed by atoms with Gasteiger partial charge in [-0.3, -0.25) is 0 Å². The van der Waals surface area contributed by atoms with Crippen LogP contribution in [0.3, 0.4) is 0 Å². The van der Waals surface area contributed by atoms with E-state index in [1.165, 1.54) is 25.7 Å². The molecule has 0 radical (unpaired) electrons. The van der Waals surface area contributed by atoms with Crippen LogP contribution in [0.15, 0.2) is 29.4 Å². The first-order chi connectivity index (χ1) is 14.2.